The fourth-order valence-electron chi connectivity index (χ4n) is 5.68. The van der Waals surface area contributed by atoms with Crippen molar-refractivity contribution in [1.82, 2.24) is 0 Å². The van der Waals surface area contributed by atoms with Gasteiger partial charge >= 0.3 is 114 Å². The van der Waals surface area contributed by atoms with E-state index in [-0.39, 0.29) is 51.2 Å². The van der Waals surface area contributed by atoms with E-state index in [9.17, 15) is 223 Å². The van der Waals surface area contributed by atoms with Crippen LogP contribution < -0.4 is 0 Å². The van der Waals surface area contributed by atoms with Crippen molar-refractivity contribution in [1.29, 1.82) is 0 Å². The predicted octanol–water partition coefficient (Wildman–Crippen LogP) is 7.10. The third-order valence-corrected chi connectivity index (χ3v) is 22.5. The number of rotatable bonds is 50. The molecule has 802 valence electrons. The molecule has 0 amide bonds. The number of hydrogen-bond donors (Lipinski definition) is 0. The van der Waals surface area contributed by atoms with Gasteiger partial charge in [-0.25, -0.2) is 78.1 Å². The molecule has 0 saturated carbocycles. The molecule has 0 aliphatic rings. The maximum absolute atomic E-state index is 12.8. The van der Waals surface area contributed by atoms with Crippen LogP contribution in [0.3, 0.4) is 0 Å². The number of ether oxygens (including phenoxy) is 12. The van der Waals surface area contributed by atoms with Crippen molar-refractivity contribution in [3.8, 4) is 0 Å². The van der Waals surface area contributed by atoms with Crippen LogP contribution >= 0.6 is 0 Å². The quantitative estimate of drug-likeness (QED) is 0.0146. The molecule has 0 aliphatic carbocycles. The third kappa shape index (κ3) is 49.1. The molecule has 0 aromatic rings. The lowest BCUT2D eigenvalue weighted by molar-refractivity contribution is -0.320. The molecular formula is C66H99F18O44S7-7. The molecule has 4 atom stereocenters. The van der Waals surface area contributed by atoms with E-state index in [4.69, 9.17) is 9.47 Å². The molecule has 4 unspecified atom stereocenters. The van der Waals surface area contributed by atoms with Crippen LogP contribution in [0.1, 0.15) is 188 Å². The van der Waals surface area contributed by atoms with E-state index in [0.717, 1.165) is 0 Å². The molecule has 0 spiro atoms. The summed E-state index contributed by atoms with van der Waals surface area (Å²) < 4.78 is 490. The van der Waals surface area contributed by atoms with Crippen LogP contribution in [0.25, 0.3) is 0 Å². The summed E-state index contributed by atoms with van der Waals surface area (Å²) in [5, 5.41) is -36.9. The number of carbonyl (C=O) groups excluding carboxylic acids is 11. The second-order valence-electron chi connectivity index (χ2n) is 28.6. The summed E-state index contributed by atoms with van der Waals surface area (Å²) in [4.78, 5) is 121. The van der Waals surface area contributed by atoms with Gasteiger partial charge in [-0.3, -0.25) is 33.6 Å². The van der Waals surface area contributed by atoms with Gasteiger partial charge in [0.15, 0.2) is 84.0 Å². The monoisotopic (exact) mass is 2160 g/mol. The van der Waals surface area contributed by atoms with Crippen molar-refractivity contribution in [3.63, 3.8) is 0 Å². The summed E-state index contributed by atoms with van der Waals surface area (Å²) in [6.07, 6.45) is -1.83. The molecule has 135 heavy (non-hydrogen) atoms. The van der Waals surface area contributed by atoms with Gasteiger partial charge in [0, 0.05) is 0 Å². The van der Waals surface area contributed by atoms with Crippen LogP contribution in [0.4, 0.5) is 79.0 Å². The minimum absolute atomic E-state index is 0.00998. The summed E-state index contributed by atoms with van der Waals surface area (Å²) in [7, 11) is -43.5. The Morgan fingerprint density at radius 2 is 0.467 bits per heavy atom. The molecule has 0 saturated heterocycles. The molecule has 0 aromatic carbocycles. The molecule has 0 fully saturated rings. The Morgan fingerprint density at radius 1 is 0.259 bits per heavy atom. The first-order valence-electron chi connectivity index (χ1n) is 37.6. The van der Waals surface area contributed by atoms with Crippen molar-refractivity contribution < 1.29 is 279 Å². The number of halogens is 18. The highest BCUT2D eigenvalue weighted by Crippen LogP contribution is 2.41. The molecule has 69 heteroatoms. The van der Waals surface area contributed by atoms with E-state index >= 15 is 0 Å². The van der Waals surface area contributed by atoms with Crippen molar-refractivity contribution in [2.45, 2.75) is 237 Å². The lowest BCUT2D eigenvalue weighted by atomic mass is 9.91. The maximum Gasteiger partial charge on any atom is 0.433 e. The van der Waals surface area contributed by atoms with Crippen LogP contribution in [0.2, 0.25) is 0 Å². The number of alkyl halides is 18. The zero-order valence-corrected chi connectivity index (χ0v) is 79.7. The molecular weight excluding hydrogens is 2060 g/mol. The maximum atomic E-state index is 12.8. The Morgan fingerprint density at radius 3 is 0.719 bits per heavy atom. The van der Waals surface area contributed by atoms with E-state index in [1.165, 1.54) is 41.5 Å². The topological polar surface area (TPSA) is 699 Å². The Bertz CT molecular complexity index is 4670. The van der Waals surface area contributed by atoms with Gasteiger partial charge in [-0.05, 0) is 112 Å². The normalized spacial score (nSPS) is 13.8. The number of esters is 11. The Labute approximate surface area is 762 Å². The molecule has 0 aromatic heterocycles. The first-order valence-corrected chi connectivity index (χ1v) is 47.4. The van der Waals surface area contributed by atoms with E-state index in [1.807, 2.05) is 13.8 Å². The number of hydrogen-bond acceptors (Lipinski definition) is 44. The molecule has 0 rings (SSSR count). The highest BCUT2D eigenvalue weighted by molar-refractivity contribution is 7.89. The van der Waals surface area contributed by atoms with Crippen LogP contribution in [-0.2, 0) is 180 Å². The molecule has 0 heterocycles. The van der Waals surface area contributed by atoms with Crippen LogP contribution in [0.15, 0.2) is 0 Å². The van der Waals surface area contributed by atoms with E-state index in [0.29, 0.717) is 38.5 Å². The fourth-order valence-corrected chi connectivity index (χ4v) is 7.71. The first kappa shape index (κ1) is 140. The fraction of sp³-hybridized carbons (Fsp3) is 0.833. The van der Waals surface area contributed by atoms with Gasteiger partial charge in [-0.15, -0.1) is 0 Å². The van der Waals surface area contributed by atoms with Crippen LogP contribution in [0, 0.1) is 39.9 Å². The molecule has 0 radical (unpaired) electrons. The first-order chi connectivity index (χ1) is 60.0. The molecule has 0 bridgehead atoms. The van der Waals surface area contributed by atoms with Gasteiger partial charge in [0.2, 0.25) is 6.79 Å². The molecule has 0 N–H and O–H groups in total. The summed E-state index contributed by atoms with van der Waals surface area (Å²) in [5.74, 6) is -22.5. The average molecular weight is 2160 g/mol. The standard InChI is InChI=1S/C12H20F2O7S.C11H18F2O7S.C10H16F2O7S.C9H14F4O6S.C9H14F2O7S.C8H12F4O5S.C7H12F2O5S/c1-4-11(2,3)9(15)20-7-5-6-8-21-10(16)12(13,14)22(17,18)19;1-3-8(2)9(14)19-6-4-5-7-20-10(15)11(12,13)21(16,17)18;1-4-9(2,3)7(13)18-5-6-19-8(14)10(11,12)20(15,16)17;1-3-6(2)7(14)18-4-5-19-8(10,11)9(12,13)20(15,16)17;1-4-8(2,3)6(12)17-5-18-7(13)9(10,11)19(14,15)16;1-3-5(2)6(13)17-4-7(9,10)8(11,12)18(14,15)16;1-3-5(2)6(10)14-4-7(8,9)15(11,12)13/h4-8H2,1-3H3,(H,17,18,19);8H,3-7H2,1-2H3,(H,16,17,18);4-6H2,1-3H3,(H,15,16,17);6H,3-5H2,1-2H3,(H,15,16,17);4-5H2,1-3H3,(H,14,15,16);5H,3-4H2,1-2H3,(H,14,15,16);5H,3-4H2,1-2H3,(H,11,12,13)/p-7. The Hall–Kier alpha value is -7.76. The lowest BCUT2D eigenvalue weighted by Gasteiger charge is -2.28. The zero-order chi connectivity index (χ0) is 109. The van der Waals surface area contributed by atoms with Crippen molar-refractivity contribution in [2.75, 3.05) is 72.9 Å². The van der Waals surface area contributed by atoms with Gasteiger partial charge in [0.1, 0.15) is 19.8 Å². The van der Waals surface area contributed by atoms with Gasteiger partial charge in [-0.1, -0.05) is 76.2 Å². The second-order valence-corrected chi connectivity index (χ2v) is 38.6. The van der Waals surface area contributed by atoms with Gasteiger partial charge in [0.25, 0.3) is 0 Å². The third-order valence-electron chi connectivity index (χ3n) is 16.7. The smallest absolute Gasteiger partial charge is 0.433 e. The molecule has 44 nitrogen and oxygen atoms in total. The summed E-state index contributed by atoms with van der Waals surface area (Å²) in [6, 6.07) is 0. The van der Waals surface area contributed by atoms with Crippen molar-refractivity contribution in [2.24, 2.45) is 39.9 Å². The van der Waals surface area contributed by atoms with E-state index < -0.39 is 279 Å². The SMILES string of the molecule is CCC(C)(C)C(=O)OCCCCOC(=O)C(F)(F)S(=O)(=O)[O-].CCC(C)(C)C(=O)OCCOC(=O)C(F)(F)S(=O)(=O)[O-].CCC(C)(C)C(=O)OCOC(=O)C(F)(F)S(=O)(=O)[O-].CCC(C)C(=O)OCC(F)(F)C(F)(F)S(=O)(=O)[O-].CCC(C)C(=O)OCC(F)(F)S(=O)(=O)[O-].CCC(C)C(=O)OCCCCOC(=O)C(F)(F)S(=O)(=O)[O-].CCC(C)C(=O)OCCOC(F)(F)C(F)(F)S(=O)(=O)[O-]. The average Bonchev–Trinajstić information content (AvgIpc) is 0.778. The van der Waals surface area contributed by atoms with Gasteiger partial charge < -0.3 is 88.7 Å². The van der Waals surface area contributed by atoms with Crippen molar-refractivity contribution in [3.05, 3.63) is 0 Å². The largest absolute Gasteiger partial charge is 0.743 e. The Kier molecular flexibility index (Phi) is 60.0. The van der Waals surface area contributed by atoms with Gasteiger partial charge in [0.05, 0.1) is 73.0 Å². The summed E-state index contributed by atoms with van der Waals surface area (Å²) in [5.41, 5.74) is -2.33. The van der Waals surface area contributed by atoms with Crippen LogP contribution in [-0.4, -0.2) is 278 Å². The van der Waals surface area contributed by atoms with E-state index in [1.54, 1.807) is 62.3 Å². The van der Waals surface area contributed by atoms with E-state index in [2.05, 4.69) is 47.4 Å². The minimum atomic E-state index is -6.60. The lowest BCUT2D eigenvalue weighted by Crippen LogP contribution is -2.50. The second kappa shape index (κ2) is 57.7. The highest BCUT2D eigenvalue weighted by Gasteiger charge is 2.64. The predicted molar refractivity (Wildman–Crippen MR) is 403 cm³/mol. The summed E-state index contributed by atoms with van der Waals surface area (Å²) >= 11 is 0. The van der Waals surface area contributed by atoms with Crippen molar-refractivity contribution >= 4 is 136 Å². The Balaban J connectivity index is -0.000000284. The number of carbonyl (C=O) groups is 11. The van der Waals surface area contributed by atoms with Gasteiger partial charge in [-0.2, -0.15) is 79.0 Å². The highest BCUT2D eigenvalue weighted by atomic mass is 32.2. The molecule has 0 aliphatic heterocycles. The zero-order valence-electron chi connectivity index (χ0n) is 74.0. The van der Waals surface area contributed by atoms with Crippen LogP contribution in [0.5, 0.6) is 0 Å². The minimum Gasteiger partial charge on any atom is -0.743 e. The number of unbranched alkanes of at least 4 members (excludes halogenated alkanes) is 2. The summed E-state index contributed by atoms with van der Waals surface area (Å²) in [6.45, 7) is 18.0.